The van der Waals surface area contributed by atoms with E-state index in [-0.39, 0.29) is 27.4 Å². The second-order valence-corrected chi connectivity index (χ2v) is 12.3. The first-order chi connectivity index (χ1) is 10.5. The molecule has 7 heteroatoms. The van der Waals surface area contributed by atoms with Gasteiger partial charge in [-0.3, -0.25) is 0 Å². The molecule has 0 N–H and O–H groups in total. The van der Waals surface area contributed by atoms with Gasteiger partial charge in [-0.25, -0.2) is 9.18 Å². The van der Waals surface area contributed by atoms with E-state index in [4.69, 9.17) is 9.16 Å². The summed E-state index contributed by atoms with van der Waals surface area (Å²) in [5.41, 5.74) is 0.120. The number of ether oxygens (including phenoxy) is 2. The van der Waals surface area contributed by atoms with E-state index in [1.807, 2.05) is 0 Å². The maximum absolute atomic E-state index is 14.2. The van der Waals surface area contributed by atoms with Gasteiger partial charge in [0.1, 0.15) is 6.61 Å². The van der Waals surface area contributed by atoms with Crippen LogP contribution in [0.25, 0.3) is 0 Å². The van der Waals surface area contributed by atoms with E-state index in [2.05, 4.69) is 54.5 Å². The fourth-order valence-corrected chi connectivity index (χ4v) is 3.09. The summed E-state index contributed by atoms with van der Waals surface area (Å²) in [6.45, 7) is 11.4. The van der Waals surface area contributed by atoms with Crippen LogP contribution in [0.4, 0.5) is 4.39 Å². The van der Waals surface area contributed by atoms with Crippen molar-refractivity contribution < 1.29 is 23.1 Å². The SMILES string of the molecule is COC(=O)c1ccc(OCCO[Si](C)(C)C(C)(C)C)c(F)c1Br. The predicted molar refractivity (Wildman–Crippen MR) is 94.1 cm³/mol. The van der Waals surface area contributed by atoms with Crippen molar-refractivity contribution >= 4 is 30.2 Å². The van der Waals surface area contributed by atoms with Crippen LogP contribution >= 0.6 is 15.9 Å². The van der Waals surface area contributed by atoms with E-state index in [1.165, 1.54) is 19.2 Å². The lowest BCUT2D eigenvalue weighted by molar-refractivity contribution is 0.0599. The van der Waals surface area contributed by atoms with Crippen molar-refractivity contribution in [3.05, 3.63) is 28.0 Å². The number of carbonyl (C=O) groups excluding carboxylic acids is 1. The Kier molecular flexibility index (Phi) is 6.79. The van der Waals surface area contributed by atoms with Crippen molar-refractivity contribution in [1.29, 1.82) is 0 Å². The van der Waals surface area contributed by atoms with Gasteiger partial charge in [-0.15, -0.1) is 0 Å². The molecule has 0 saturated heterocycles. The molecule has 1 aromatic rings. The molecule has 0 saturated carbocycles. The standard InChI is InChI=1S/C16H24BrFO4Si/c1-16(2,3)23(5,6)22-10-9-21-12-8-7-11(15(19)20-4)13(17)14(12)18/h7-8H,9-10H2,1-6H3. The summed E-state index contributed by atoms with van der Waals surface area (Å²) in [7, 11) is -0.595. The van der Waals surface area contributed by atoms with Gasteiger partial charge in [0.05, 0.1) is 23.8 Å². The molecule has 0 atom stereocenters. The fraction of sp³-hybridized carbons (Fsp3) is 0.562. The van der Waals surface area contributed by atoms with Gasteiger partial charge in [0.15, 0.2) is 19.9 Å². The van der Waals surface area contributed by atoms with Crippen LogP contribution in [0.2, 0.25) is 18.1 Å². The zero-order valence-electron chi connectivity index (χ0n) is 14.5. The molecule has 0 aliphatic rings. The molecule has 1 rings (SSSR count). The van der Waals surface area contributed by atoms with Gasteiger partial charge >= 0.3 is 5.97 Å². The van der Waals surface area contributed by atoms with Gasteiger partial charge in [0.25, 0.3) is 0 Å². The number of carbonyl (C=O) groups is 1. The second kappa shape index (κ2) is 7.77. The number of benzene rings is 1. The van der Waals surface area contributed by atoms with Crippen LogP contribution in [0.15, 0.2) is 16.6 Å². The van der Waals surface area contributed by atoms with Crippen molar-refractivity contribution in [2.24, 2.45) is 0 Å². The lowest BCUT2D eigenvalue weighted by Gasteiger charge is -2.36. The van der Waals surface area contributed by atoms with Crippen LogP contribution in [0.3, 0.4) is 0 Å². The predicted octanol–water partition coefficient (Wildman–Crippen LogP) is 4.78. The fourth-order valence-electron chi connectivity index (χ4n) is 1.58. The number of esters is 1. The molecule has 0 aliphatic carbocycles. The monoisotopic (exact) mass is 406 g/mol. The highest BCUT2D eigenvalue weighted by Gasteiger charge is 2.36. The van der Waals surface area contributed by atoms with E-state index in [9.17, 15) is 9.18 Å². The lowest BCUT2D eigenvalue weighted by Crippen LogP contribution is -2.41. The molecule has 0 aromatic heterocycles. The Labute approximate surface area is 146 Å². The first-order valence-corrected chi connectivity index (χ1v) is 11.0. The Hall–Kier alpha value is -0.923. The summed E-state index contributed by atoms with van der Waals surface area (Å²) in [5.74, 6) is -1.16. The number of halogens is 2. The van der Waals surface area contributed by atoms with E-state index < -0.39 is 20.1 Å². The van der Waals surface area contributed by atoms with Crippen molar-refractivity contribution in [2.45, 2.75) is 38.9 Å². The van der Waals surface area contributed by atoms with Gasteiger partial charge < -0.3 is 13.9 Å². The summed E-state index contributed by atoms with van der Waals surface area (Å²) >= 11 is 3.06. The highest BCUT2D eigenvalue weighted by Crippen LogP contribution is 2.36. The first-order valence-electron chi connectivity index (χ1n) is 7.34. The van der Waals surface area contributed by atoms with Crippen LogP contribution < -0.4 is 4.74 Å². The molecule has 0 amide bonds. The molecule has 23 heavy (non-hydrogen) atoms. The van der Waals surface area contributed by atoms with Crippen LogP contribution in [-0.4, -0.2) is 34.6 Å². The highest BCUT2D eigenvalue weighted by atomic mass is 79.9. The third-order valence-corrected chi connectivity index (χ3v) is 9.38. The Balaban J connectivity index is 2.67. The van der Waals surface area contributed by atoms with Crippen LogP contribution in [-0.2, 0) is 9.16 Å². The molecule has 0 bridgehead atoms. The average Bonchev–Trinajstić information content (AvgIpc) is 2.45. The van der Waals surface area contributed by atoms with Crippen molar-refractivity contribution in [2.75, 3.05) is 20.3 Å². The van der Waals surface area contributed by atoms with Gasteiger partial charge in [-0.05, 0) is 46.2 Å². The smallest absolute Gasteiger partial charge is 0.339 e. The summed E-state index contributed by atoms with van der Waals surface area (Å²) < 4.78 is 30.2. The number of methoxy groups -OCH3 is 1. The Bertz CT molecular complexity index is 570. The zero-order chi connectivity index (χ0) is 17.8. The zero-order valence-corrected chi connectivity index (χ0v) is 17.0. The molecule has 0 radical (unpaired) electrons. The second-order valence-electron chi connectivity index (χ2n) is 6.69. The van der Waals surface area contributed by atoms with Crippen LogP contribution in [0, 0.1) is 5.82 Å². The summed E-state index contributed by atoms with van der Waals surface area (Å²) in [4.78, 5) is 11.5. The lowest BCUT2D eigenvalue weighted by atomic mass is 10.2. The minimum Gasteiger partial charge on any atom is -0.488 e. The molecule has 1 aromatic carbocycles. The highest BCUT2D eigenvalue weighted by molar-refractivity contribution is 9.10. The molecule has 130 valence electrons. The molecule has 0 spiro atoms. The molecular formula is C16H24BrFO4Si. The van der Waals surface area contributed by atoms with Crippen molar-refractivity contribution in [3.8, 4) is 5.75 Å². The normalized spacial score (nSPS) is 12.2. The van der Waals surface area contributed by atoms with Gasteiger partial charge in [0.2, 0.25) is 0 Å². The van der Waals surface area contributed by atoms with E-state index in [1.54, 1.807) is 0 Å². The number of hydrogen-bond acceptors (Lipinski definition) is 4. The third-order valence-electron chi connectivity index (χ3n) is 4.06. The van der Waals surface area contributed by atoms with E-state index in [0.717, 1.165) is 0 Å². The Morgan fingerprint density at radius 3 is 2.39 bits per heavy atom. The third kappa shape index (κ3) is 5.02. The minimum atomic E-state index is -1.84. The van der Waals surface area contributed by atoms with Gasteiger partial charge in [0, 0.05) is 0 Å². The topological polar surface area (TPSA) is 44.8 Å². The molecule has 0 heterocycles. The van der Waals surface area contributed by atoms with Gasteiger partial charge in [-0.2, -0.15) is 0 Å². The molecular weight excluding hydrogens is 383 g/mol. The average molecular weight is 407 g/mol. The van der Waals surface area contributed by atoms with E-state index >= 15 is 0 Å². The Morgan fingerprint density at radius 2 is 1.87 bits per heavy atom. The van der Waals surface area contributed by atoms with E-state index in [0.29, 0.717) is 6.61 Å². The molecule has 0 aliphatic heterocycles. The molecule has 4 nitrogen and oxygen atoms in total. The molecule has 0 fully saturated rings. The summed E-state index contributed by atoms with van der Waals surface area (Å²) in [6, 6.07) is 2.88. The first kappa shape index (κ1) is 20.1. The van der Waals surface area contributed by atoms with Crippen LogP contribution in [0.1, 0.15) is 31.1 Å². The van der Waals surface area contributed by atoms with Crippen LogP contribution in [0.5, 0.6) is 5.75 Å². The quantitative estimate of drug-likeness (QED) is 0.387. The number of hydrogen-bond donors (Lipinski definition) is 0. The maximum Gasteiger partial charge on any atom is 0.339 e. The maximum atomic E-state index is 14.2. The number of rotatable bonds is 6. The summed E-state index contributed by atoms with van der Waals surface area (Å²) in [5, 5.41) is 0.115. The Morgan fingerprint density at radius 1 is 1.26 bits per heavy atom. The minimum absolute atomic E-state index is 0.0344. The largest absolute Gasteiger partial charge is 0.488 e. The summed E-state index contributed by atoms with van der Waals surface area (Å²) in [6.07, 6.45) is 0. The van der Waals surface area contributed by atoms with Crippen molar-refractivity contribution in [3.63, 3.8) is 0 Å². The molecule has 0 unspecified atom stereocenters. The van der Waals surface area contributed by atoms with Gasteiger partial charge in [-0.1, -0.05) is 20.8 Å². The van der Waals surface area contributed by atoms with Crippen molar-refractivity contribution in [1.82, 2.24) is 0 Å².